The number of benzene rings is 1. The van der Waals surface area contributed by atoms with Crippen molar-refractivity contribution in [2.24, 2.45) is 0 Å². The van der Waals surface area contributed by atoms with E-state index in [1.165, 1.54) is 54.5 Å². The van der Waals surface area contributed by atoms with Crippen molar-refractivity contribution in [2.45, 2.75) is 42.5 Å². The number of nitrogens with zero attached hydrogens (tertiary/aromatic N) is 2. The van der Waals surface area contributed by atoms with Crippen molar-refractivity contribution in [3.05, 3.63) is 30.1 Å². The highest BCUT2D eigenvalue weighted by Gasteiger charge is 2.16. The summed E-state index contributed by atoms with van der Waals surface area (Å²) in [6.07, 6.45) is 5.83. The fourth-order valence-electron chi connectivity index (χ4n) is 2.65. The molecule has 0 saturated heterocycles. The monoisotopic (exact) mass is 366 g/mol. The number of thioether (sulfide) groups is 1. The lowest BCUT2D eigenvalue weighted by atomic mass is 9.95. The van der Waals surface area contributed by atoms with Crippen LogP contribution in [0.4, 0.5) is 15.2 Å². The maximum Gasteiger partial charge on any atom is 0.230 e. The quantitative estimate of drug-likeness (QED) is 0.758. The summed E-state index contributed by atoms with van der Waals surface area (Å²) >= 11 is 2.72. The van der Waals surface area contributed by atoms with Crippen molar-refractivity contribution >= 4 is 39.8 Å². The van der Waals surface area contributed by atoms with Gasteiger partial charge in [-0.15, -0.1) is 10.2 Å². The molecule has 1 saturated carbocycles. The van der Waals surface area contributed by atoms with E-state index >= 15 is 0 Å². The molecule has 3 rings (SSSR count). The van der Waals surface area contributed by atoms with Crippen LogP contribution in [0.25, 0.3) is 0 Å². The number of hydrogen-bond acceptors (Lipinski definition) is 6. The molecule has 2 aromatic rings. The molecule has 0 atom stereocenters. The molecule has 2 N–H and O–H groups in total. The molecule has 1 aliphatic carbocycles. The van der Waals surface area contributed by atoms with Gasteiger partial charge in [0.15, 0.2) is 4.34 Å². The summed E-state index contributed by atoms with van der Waals surface area (Å²) in [7, 11) is 0. The smallest absolute Gasteiger partial charge is 0.230 e. The predicted octanol–water partition coefficient (Wildman–Crippen LogP) is 3.96. The van der Waals surface area contributed by atoms with Gasteiger partial charge < -0.3 is 10.6 Å². The Morgan fingerprint density at radius 2 is 2.12 bits per heavy atom. The fraction of sp³-hybridized carbons (Fsp3) is 0.438. The predicted molar refractivity (Wildman–Crippen MR) is 95.3 cm³/mol. The SMILES string of the molecule is O=C(CSc1nnc(Nc2cccc(F)c2)s1)NC1CCCCC1. The third-order valence-electron chi connectivity index (χ3n) is 3.78. The van der Waals surface area contributed by atoms with E-state index in [1.54, 1.807) is 12.1 Å². The van der Waals surface area contributed by atoms with Crippen molar-refractivity contribution in [3.63, 3.8) is 0 Å². The summed E-state index contributed by atoms with van der Waals surface area (Å²) in [6, 6.07) is 6.49. The van der Waals surface area contributed by atoms with Gasteiger partial charge >= 0.3 is 0 Å². The first-order chi connectivity index (χ1) is 11.7. The Bertz CT molecular complexity index is 688. The zero-order chi connectivity index (χ0) is 16.8. The van der Waals surface area contributed by atoms with Crippen molar-refractivity contribution in [1.82, 2.24) is 15.5 Å². The Balaban J connectivity index is 1.46. The lowest BCUT2D eigenvalue weighted by molar-refractivity contribution is -0.119. The van der Waals surface area contributed by atoms with Gasteiger partial charge in [-0.1, -0.05) is 48.4 Å². The lowest BCUT2D eigenvalue weighted by Crippen LogP contribution is -2.37. The third kappa shape index (κ3) is 5.17. The van der Waals surface area contributed by atoms with Crippen molar-refractivity contribution in [1.29, 1.82) is 0 Å². The van der Waals surface area contributed by atoms with Crippen molar-refractivity contribution in [2.75, 3.05) is 11.1 Å². The summed E-state index contributed by atoms with van der Waals surface area (Å²) < 4.78 is 13.9. The Morgan fingerprint density at radius 1 is 1.29 bits per heavy atom. The standard InChI is InChI=1S/C16H19FN4OS2/c17-11-5-4-8-13(9-11)19-15-20-21-16(24-15)23-10-14(22)18-12-6-2-1-3-7-12/h4-5,8-9,12H,1-3,6-7,10H2,(H,18,22)(H,19,20). The van der Waals surface area contributed by atoms with Crippen LogP contribution in [0.15, 0.2) is 28.6 Å². The number of anilines is 2. The van der Waals surface area contributed by atoms with E-state index in [2.05, 4.69) is 20.8 Å². The molecule has 1 aromatic carbocycles. The van der Waals surface area contributed by atoms with Gasteiger partial charge in [-0.2, -0.15) is 0 Å². The van der Waals surface area contributed by atoms with Gasteiger partial charge in [-0.25, -0.2) is 4.39 Å². The van der Waals surface area contributed by atoms with Crippen LogP contribution in [0.5, 0.6) is 0 Å². The number of carbonyl (C=O) groups excluding carboxylic acids is 1. The van der Waals surface area contributed by atoms with E-state index in [9.17, 15) is 9.18 Å². The maximum absolute atomic E-state index is 13.2. The average molecular weight is 366 g/mol. The largest absolute Gasteiger partial charge is 0.353 e. The van der Waals surface area contributed by atoms with Gasteiger partial charge in [0.1, 0.15) is 5.82 Å². The summed E-state index contributed by atoms with van der Waals surface area (Å²) in [5.41, 5.74) is 0.623. The van der Waals surface area contributed by atoms with Crippen molar-refractivity contribution in [3.8, 4) is 0 Å². The maximum atomic E-state index is 13.2. The molecule has 1 aliphatic rings. The first kappa shape index (κ1) is 17.2. The minimum atomic E-state index is -0.307. The summed E-state index contributed by atoms with van der Waals surface area (Å²) in [5.74, 6) is 0.0747. The van der Waals surface area contributed by atoms with Crippen LogP contribution in [0.3, 0.4) is 0 Å². The average Bonchev–Trinajstić information content (AvgIpc) is 3.01. The number of carbonyl (C=O) groups is 1. The third-order valence-corrected chi connectivity index (χ3v) is 5.75. The molecule has 128 valence electrons. The lowest BCUT2D eigenvalue weighted by Gasteiger charge is -2.22. The molecular formula is C16H19FN4OS2. The van der Waals surface area contributed by atoms with Crippen LogP contribution >= 0.6 is 23.1 Å². The van der Waals surface area contributed by atoms with Gasteiger partial charge in [-0.05, 0) is 31.0 Å². The summed E-state index contributed by atoms with van der Waals surface area (Å²) in [4.78, 5) is 12.0. The Hall–Kier alpha value is -1.67. The summed E-state index contributed by atoms with van der Waals surface area (Å²) in [6.45, 7) is 0. The molecule has 0 radical (unpaired) electrons. The molecule has 8 heteroatoms. The molecule has 0 bridgehead atoms. The van der Waals surface area contributed by atoms with Crippen LogP contribution in [-0.2, 0) is 4.79 Å². The number of amides is 1. The molecule has 1 aromatic heterocycles. The van der Waals surface area contributed by atoms with E-state index in [1.807, 2.05) is 0 Å². The number of halogens is 1. The van der Waals surface area contributed by atoms with Crippen LogP contribution in [0.1, 0.15) is 32.1 Å². The molecule has 24 heavy (non-hydrogen) atoms. The second-order valence-corrected chi connectivity index (χ2v) is 7.90. The Labute approximate surface area is 148 Å². The molecular weight excluding hydrogens is 347 g/mol. The van der Waals surface area contributed by atoms with Gasteiger partial charge in [0.25, 0.3) is 0 Å². The van der Waals surface area contributed by atoms with E-state index in [-0.39, 0.29) is 11.7 Å². The van der Waals surface area contributed by atoms with Crippen LogP contribution < -0.4 is 10.6 Å². The molecule has 1 amide bonds. The van der Waals surface area contributed by atoms with E-state index in [4.69, 9.17) is 0 Å². The second-order valence-electron chi connectivity index (χ2n) is 5.70. The minimum absolute atomic E-state index is 0.0433. The van der Waals surface area contributed by atoms with E-state index < -0.39 is 0 Å². The molecule has 1 fully saturated rings. The van der Waals surface area contributed by atoms with Crippen LogP contribution in [0.2, 0.25) is 0 Å². The highest BCUT2D eigenvalue weighted by Crippen LogP contribution is 2.27. The first-order valence-corrected chi connectivity index (χ1v) is 9.77. The Morgan fingerprint density at radius 3 is 2.92 bits per heavy atom. The Kier molecular flexibility index (Phi) is 6.03. The number of rotatable bonds is 6. The normalized spacial score (nSPS) is 15.2. The van der Waals surface area contributed by atoms with Crippen LogP contribution in [0, 0.1) is 5.82 Å². The van der Waals surface area contributed by atoms with Crippen LogP contribution in [-0.4, -0.2) is 27.9 Å². The van der Waals surface area contributed by atoms with E-state index in [0.717, 1.165) is 12.8 Å². The zero-order valence-corrected chi connectivity index (χ0v) is 14.8. The molecule has 0 unspecified atom stereocenters. The topological polar surface area (TPSA) is 66.9 Å². The zero-order valence-electron chi connectivity index (χ0n) is 13.1. The van der Waals surface area contributed by atoms with E-state index in [0.29, 0.717) is 27.0 Å². The second kappa shape index (κ2) is 8.43. The molecule has 0 aliphatic heterocycles. The highest BCUT2D eigenvalue weighted by atomic mass is 32.2. The van der Waals surface area contributed by atoms with Crippen molar-refractivity contribution < 1.29 is 9.18 Å². The number of nitrogens with one attached hydrogen (secondary N) is 2. The number of hydrogen-bond donors (Lipinski definition) is 2. The van der Waals surface area contributed by atoms with Gasteiger partial charge in [0.2, 0.25) is 11.0 Å². The molecule has 0 spiro atoms. The minimum Gasteiger partial charge on any atom is -0.353 e. The molecule has 1 heterocycles. The fourth-order valence-corrected chi connectivity index (χ4v) is 4.24. The molecule has 5 nitrogen and oxygen atoms in total. The van der Waals surface area contributed by atoms with Gasteiger partial charge in [0, 0.05) is 11.7 Å². The highest BCUT2D eigenvalue weighted by molar-refractivity contribution is 8.01. The number of aromatic nitrogens is 2. The van der Waals surface area contributed by atoms with Gasteiger partial charge in [0.05, 0.1) is 5.75 Å². The summed E-state index contributed by atoms with van der Waals surface area (Å²) in [5, 5.41) is 14.7. The van der Waals surface area contributed by atoms with Gasteiger partial charge in [-0.3, -0.25) is 4.79 Å². The first-order valence-electron chi connectivity index (χ1n) is 7.97.